The lowest BCUT2D eigenvalue weighted by Gasteiger charge is -2.18. The van der Waals surface area contributed by atoms with Crippen LogP contribution in [-0.4, -0.2) is 22.6 Å². The number of imidazole rings is 1. The van der Waals surface area contributed by atoms with Gasteiger partial charge < -0.3 is 9.47 Å². The first kappa shape index (κ1) is 8.88. The standard InChI is InChI=1S/C9H14ClN3/c1-7-11-8(10)9(12(7)2)13-5-3-4-6-13/h3-6H2,1-2H3. The summed E-state index contributed by atoms with van der Waals surface area (Å²) < 4.78 is 2.06. The molecule has 0 atom stereocenters. The molecule has 0 aliphatic carbocycles. The first-order valence-electron chi connectivity index (χ1n) is 4.64. The number of aromatic nitrogens is 2. The third-order valence-electron chi connectivity index (χ3n) is 2.65. The van der Waals surface area contributed by atoms with E-state index in [1.165, 1.54) is 12.8 Å². The molecule has 1 aromatic heterocycles. The molecular weight excluding hydrogens is 186 g/mol. The quantitative estimate of drug-likeness (QED) is 0.690. The van der Waals surface area contributed by atoms with E-state index >= 15 is 0 Å². The molecule has 4 heteroatoms. The van der Waals surface area contributed by atoms with Crippen LogP contribution >= 0.6 is 11.6 Å². The Morgan fingerprint density at radius 3 is 2.38 bits per heavy atom. The lowest BCUT2D eigenvalue weighted by Crippen LogP contribution is -2.20. The molecule has 13 heavy (non-hydrogen) atoms. The van der Waals surface area contributed by atoms with Crippen molar-refractivity contribution in [2.45, 2.75) is 19.8 Å². The molecule has 0 radical (unpaired) electrons. The summed E-state index contributed by atoms with van der Waals surface area (Å²) in [7, 11) is 2.02. The highest BCUT2D eigenvalue weighted by Crippen LogP contribution is 2.28. The summed E-state index contributed by atoms with van der Waals surface area (Å²) >= 11 is 6.06. The van der Waals surface area contributed by atoms with Gasteiger partial charge in [0.2, 0.25) is 0 Å². The Kier molecular flexibility index (Phi) is 2.20. The molecule has 0 amide bonds. The van der Waals surface area contributed by atoms with E-state index < -0.39 is 0 Å². The number of halogens is 1. The molecule has 72 valence electrons. The molecule has 0 bridgehead atoms. The van der Waals surface area contributed by atoms with Crippen molar-refractivity contribution < 1.29 is 0 Å². The van der Waals surface area contributed by atoms with Gasteiger partial charge in [-0.15, -0.1) is 0 Å². The first-order valence-corrected chi connectivity index (χ1v) is 5.01. The van der Waals surface area contributed by atoms with Gasteiger partial charge in [-0.1, -0.05) is 11.6 Å². The van der Waals surface area contributed by atoms with E-state index in [2.05, 4.69) is 14.5 Å². The Balaban J connectivity index is 2.37. The van der Waals surface area contributed by atoms with E-state index in [4.69, 9.17) is 11.6 Å². The highest BCUT2D eigenvalue weighted by molar-refractivity contribution is 6.31. The summed E-state index contributed by atoms with van der Waals surface area (Å²) in [6, 6.07) is 0. The molecule has 1 fully saturated rings. The van der Waals surface area contributed by atoms with Crippen LogP contribution in [-0.2, 0) is 7.05 Å². The van der Waals surface area contributed by atoms with Gasteiger partial charge in [-0.25, -0.2) is 4.98 Å². The van der Waals surface area contributed by atoms with E-state index in [-0.39, 0.29) is 0 Å². The van der Waals surface area contributed by atoms with E-state index in [0.717, 1.165) is 24.7 Å². The van der Waals surface area contributed by atoms with Gasteiger partial charge in [-0.3, -0.25) is 0 Å². The van der Waals surface area contributed by atoms with E-state index in [0.29, 0.717) is 5.15 Å². The van der Waals surface area contributed by atoms with Gasteiger partial charge in [0.05, 0.1) is 0 Å². The third-order valence-corrected chi connectivity index (χ3v) is 2.91. The Hall–Kier alpha value is -0.700. The highest BCUT2D eigenvalue weighted by atomic mass is 35.5. The third kappa shape index (κ3) is 1.41. The number of aryl methyl sites for hydroxylation is 1. The Bertz CT molecular complexity index is 313. The highest BCUT2D eigenvalue weighted by Gasteiger charge is 2.20. The van der Waals surface area contributed by atoms with Gasteiger partial charge in [0.25, 0.3) is 0 Å². The maximum absolute atomic E-state index is 6.06. The van der Waals surface area contributed by atoms with Gasteiger partial charge in [0, 0.05) is 20.1 Å². The summed E-state index contributed by atoms with van der Waals surface area (Å²) in [4.78, 5) is 6.55. The average molecular weight is 200 g/mol. The molecule has 3 nitrogen and oxygen atoms in total. The summed E-state index contributed by atoms with van der Waals surface area (Å²) in [6.45, 7) is 4.20. The Labute approximate surface area is 83.3 Å². The molecule has 1 saturated heterocycles. The number of hydrogen-bond acceptors (Lipinski definition) is 2. The first-order chi connectivity index (χ1) is 6.20. The predicted molar refractivity (Wildman–Crippen MR) is 54.4 cm³/mol. The fourth-order valence-corrected chi connectivity index (χ4v) is 2.20. The van der Waals surface area contributed by atoms with Crippen LogP contribution in [0.4, 0.5) is 5.82 Å². The van der Waals surface area contributed by atoms with Crippen molar-refractivity contribution in [3.8, 4) is 0 Å². The molecule has 0 N–H and O–H groups in total. The van der Waals surface area contributed by atoms with Crippen LogP contribution in [0.25, 0.3) is 0 Å². The van der Waals surface area contributed by atoms with E-state index in [1.807, 2.05) is 14.0 Å². The lowest BCUT2D eigenvalue weighted by molar-refractivity contribution is 0.810. The van der Waals surface area contributed by atoms with Crippen LogP contribution in [0.3, 0.4) is 0 Å². The molecule has 2 rings (SSSR count). The van der Waals surface area contributed by atoms with Crippen molar-refractivity contribution in [2.24, 2.45) is 7.05 Å². The van der Waals surface area contributed by atoms with Crippen molar-refractivity contribution in [1.29, 1.82) is 0 Å². The van der Waals surface area contributed by atoms with Gasteiger partial charge in [0.1, 0.15) is 11.6 Å². The fourth-order valence-electron chi connectivity index (χ4n) is 1.83. The zero-order valence-electron chi connectivity index (χ0n) is 8.05. The monoisotopic (exact) mass is 199 g/mol. The van der Waals surface area contributed by atoms with Crippen LogP contribution in [0, 0.1) is 6.92 Å². The minimum Gasteiger partial charge on any atom is -0.355 e. The maximum atomic E-state index is 6.06. The normalized spacial score (nSPS) is 17.0. The summed E-state index contributed by atoms with van der Waals surface area (Å²) in [5, 5.41) is 0.641. The zero-order chi connectivity index (χ0) is 9.42. The van der Waals surface area contributed by atoms with Gasteiger partial charge in [-0.2, -0.15) is 0 Å². The lowest BCUT2D eigenvalue weighted by atomic mass is 10.4. The van der Waals surface area contributed by atoms with Crippen molar-refractivity contribution in [1.82, 2.24) is 9.55 Å². The van der Waals surface area contributed by atoms with Gasteiger partial charge >= 0.3 is 0 Å². The Morgan fingerprint density at radius 2 is 1.92 bits per heavy atom. The van der Waals surface area contributed by atoms with E-state index in [1.54, 1.807) is 0 Å². The smallest absolute Gasteiger partial charge is 0.171 e. The predicted octanol–water partition coefficient (Wildman–Crippen LogP) is 1.98. The summed E-state index contributed by atoms with van der Waals surface area (Å²) in [5.74, 6) is 2.06. The summed E-state index contributed by atoms with van der Waals surface area (Å²) in [6.07, 6.45) is 2.53. The second-order valence-corrected chi connectivity index (χ2v) is 3.88. The van der Waals surface area contributed by atoms with Crippen molar-refractivity contribution in [3.63, 3.8) is 0 Å². The SMILES string of the molecule is Cc1nc(Cl)c(N2CCCC2)n1C. The van der Waals surface area contributed by atoms with Crippen molar-refractivity contribution in [2.75, 3.05) is 18.0 Å². The van der Waals surface area contributed by atoms with Crippen molar-refractivity contribution >= 4 is 17.4 Å². The Morgan fingerprint density at radius 1 is 1.31 bits per heavy atom. The molecule has 2 heterocycles. The largest absolute Gasteiger partial charge is 0.355 e. The minimum absolute atomic E-state index is 0.641. The van der Waals surface area contributed by atoms with Crippen LogP contribution in [0.5, 0.6) is 0 Å². The van der Waals surface area contributed by atoms with E-state index in [9.17, 15) is 0 Å². The van der Waals surface area contributed by atoms with Crippen LogP contribution in [0.2, 0.25) is 5.15 Å². The van der Waals surface area contributed by atoms with Crippen LogP contribution < -0.4 is 4.90 Å². The van der Waals surface area contributed by atoms with Gasteiger partial charge in [-0.05, 0) is 19.8 Å². The maximum Gasteiger partial charge on any atom is 0.171 e. The number of rotatable bonds is 1. The number of nitrogens with zero attached hydrogens (tertiary/aromatic N) is 3. The zero-order valence-corrected chi connectivity index (χ0v) is 8.80. The molecule has 0 aromatic carbocycles. The molecule has 1 aliphatic heterocycles. The molecular formula is C9H14ClN3. The molecule has 1 aliphatic rings. The second-order valence-electron chi connectivity index (χ2n) is 3.53. The number of anilines is 1. The van der Waals surface area contributed by atoms with Crippen LogP contribution in [0.1, 0.15) is 18.7 Å². The topological polar surface area (TPSA) is 21.1 Å². The number of hydrogen-bond donors (Lipinski definition) is 0. The molecule has 0 spiro atoms. The molecule has 0 unspecified atom stereocenters. The van der Waals surface area contributed by atoms with Crippen molar-refractivity contribution in [3.05, 3.63) is 11.0 Å². The summed E-state index contributed by atoms with van der Waals surface area (Å²) in [5.41, 5.74) is 0. The van der Waals surface area contributed by atoms with Crippen LogP contribution in [0.15, 0.2) is 0 Å². The molecule has 0 saturated carbocycles. The average Bonchev–Trinajstić information content (AvgIpc) is 2.63. The molecule has 1 aromatic rings. The second kappa shape index (κ2) is 3.22. The fraction of sp³-hybridized carbons (Fsp3) is 0.667. The van der Waals surface area contributed by atoms with Gasteiger partial charge in [0.15, 0.2) is 5.15 Å². The minimum atomic E-state index is 0.641.